The van der Waals surface area contributed by atoms with Crippen LogP contribution in [0.25, 0.3) is 5.82 Å². The lowest BCUT2D eigenvalue weighted by Crippen LogP contribution is -1.98. The number of aryl methyl sites for hydroxylation is 1. The Hall–Kier alpha value is -2.17. The van der Waals surface area contributed by atoms with Crippen LogP contribution in [0.4, 0.5) is 0 Å². The molecule has 5 heteroatoms. The van der Waals surface area contributed by atoms with Gasteiger partial charge in [0.2, 0.25) is 0 Å². The van der Waals surface area contributed by atoms with Crippen molar-refractivity contribution >= 4 is 5.97 Å². The first-order chi connectivity index (χ1) is 7.16. The second-order valence-corrected chi connectivity index (χ2v) is 3.17. The number of nitrogens with zero attached hydrogens (tertiary/aromatic N) is 3. The predicted octanol–water partition coefficient (Wildman–Crippen LogP) is 1.27. The van der Waals surface area contributed by atoms with E-state index < -0.39 is 5.97 Å². The number of aromatic carboxylic acids is 1. The third kappa shape index (κ3) is 1.85. The summed E-state index contributed by atoms with van der Waals surface area (Å²) >= 11 is 0. The fourth-order valence-electron chi connectivity index (χ4n) is 1.15. The van der Waals surface area contributed by atoms with Gasteiger partial charge < -0.3 is 5.11 Å². The van der Waals surface area contributed by atoms with Gasteiger partial charge in [0.15, 0.2) is 5.82 Å². The highest BCUT2D eigenvalue weighted by molar-refractivity contribution is 5.86. The molecule has 2 aromatic rings. The maximum absolute atomic E-state index is 10.6. The van der Waals surface area contributed by atoms with Crippen LogP contribution in [0.2, 0.25) is 0 Å². The van der Waals surface area contributed by atoms with E-state index in [1.165, 1.54) is 17.1 Å². The van der Waals surface area contributed by atoms with Gasteiger partial charge >= 0.3 is 5.97 Å². The molecule has 15 heavy (non-hydrogen) atoms. The van der Waals surface area contributed by atoms with E-state index >= 15 is 0 Å². The lowest BCUT2D eigenvalue weighted by molar-refractivity contribution is 0.0697. The molecule has 0 aliphatic rings. The first-order valence-electron chi connectivity index (χ1n) is 4.38. The average molecular weight is 203 g/mol. The zero-order chi connectivity index (χ0) is 10.8. The fourth-order valence-corrected chi connectivity index (χ4v) is 1.15. The quantitative estimate of drug-likeness (QED) is 0.798. The summed E-state index contributed by atoms with van der Waals surface area (Å²) in [6.07, 6.45) is 4.43. The van der Waals surface area contributed by atoms with Crippen molar-refractivity contribution in [2.24, 2.45) is 0 Å². The van der Waals surface area contributed by atoms with Crippen molar-refractivity contribution in [1.29, 1.82) is 0 Å². The summed E-state index contributed by atoms with van der Waals surface area (Å²) in [5.74, 6) is -0.388. The molecule has 1 N–H and O–H groups in total. The molecule has 0 saturated carbocycles. The standard InChI is InChI=1S/C10H9N3O2/c1-7-2-3-9(11-4-7)13-6-8(5-12-13)10(14)15/h2-6H,1H3,(H,14,15). The minimum Gasteiger partial charge on any atom is -0.478 e. The van der Waals surface area contributed by atoms with Gasteiger partial charge in [-0.15, -0.1) is 0 Å². The summed E-state index contributed by atoms with van der Waals surface area (Å²) in [6, 6.07) is 3.68. The van der Waals surface area contributed by atoms with E-state index in [1.807, 2.05) is 13.0 Å². The smallest absolute Gasteiger partial charge is 0.338 e. The van der Waals surface area contributed by atoms with E-state index in [2.05, 4.69) is 10.1 Å². The Morgan fingerprint density at radius 3 is 2.73 bits per heavy atom. The lowest BCUT2D eigenvalue weighted by Gasteiger charge is -1.99. The van der Waals surface area contributed by atoms with Crippen molar-refractivity contribution in [3.05, 3.63) is 41.9 Å². The van der Waals surface area contributed by atoms with Crippen molar-refractivity contribution < 1.29 is 9.90 Å². The summed E-state index contributed by atoms with van der Waals surface area (Å²) in [5.41, 5.74) is 1.20. The second-order valence-electron chi connectivity index (χ2n) is 3.17. The minimum absolute atomic E-state index is 0.150. The van der Waals surface area contributed by atoms with Gasteiger partial charge in [-0.3, -0.25) is 0 Å². The first kappa shape index (κ1) is 9.39. The minimum atomic E-state index is -0.992. The summed E-state index contributed by atoms with van der Waals surface area (Å²) in [7, 11) is 0. The van der Waals surface area contributed by atoms with Gasteiger partial charge in [0.05, 0.1) is 11.8 Å². The summed E-state index contributed by atoms with van der Waals surface area (Å²) < 4.78 is 1.43. The normalized spacial score (nSPS) is 10.2. The van der Waals surface area contributed by atoms with Gasteiger partial charge in [-0.1, -0.05) is 6.07 Å². The Labute approximate surface area is 86.0 Å². The van der Waals surface area contributed by atoms with E-state index in [0.717, 1.165) is 5.56 Å². The van der Waals surface area contributed by atoms with Crippen LogP contribution in [0, 0.1) is 6.92 Å². The molecule has 0 fully saturated rings. The zero-order valence-electron chi connectivity index (χ0n) is 8.08. The molecular weight excluding hydrogens is 194 g/mol. The topological polar surface area (TPSA) is 68.0 Å². The van der Waals surface area contributed by atoms with Gasteiger partial charge in [-0.05, 0) is 18.6 Å². The summed E-state index contributed by atoms with van der Waals surface area (Å²) in [6.45, 7) is 1.93. The molecule has 0 spiro atoms. The van der Waals surface area contributed by atoms with E-state index in [4.69, 9.17) is 5.11 Å². The molecule has 2 aromatic heterocycles. The third-order valence-electron chi connectivity index (χ3n) is 1.96. The van der Waals surface area contributed by atoms with Crippen LogP contribution >= 0.6 is 0 Å². The summed E-state index contributed by atoms with van der Waals surface area (Å²) in [5, 5.41) is 12.6. The van der Waals surface area contributed by atoms with E-state index in [-0.39, 0.29) is 5.56 Å². The Bertz CT molecular complexity index is 488. The summed E-state index contributed by atoms with van der Waals surface area (Å²) in [4.78, 5) is 14.8. The predicted molar refractivity (Wildman–Crippen MR) is 53.1 cm³/mol. The van der Waals surface area contributed by atoms with Gasteiger partial charge in [0.25, 0.3) is 0 Å². The maximum atomic E-state index is 10.6. The fraction of sp³-hybridized carbons (Fsp3) is 0.100. The molecule has 5 nitrogen and oxygen atoms in total. The van der Waals surface area contributed by atoms with Crippen molar-refractivity contribution in [3.8, 4) is 5.82 Å². The Balaban J connectivity index is 2.37. The van der Waals surface area contributed by atoms with Crippen LogP contribution in [-0.2, 0) is 0 Å². The van der Waals surface area contributed by atoms with Crippen molar-refractivity contribution in [2.75, 3.05) is 0 Å². The highest BCUT2D eigenvalue weighted by Crippen LogP contribution is 2.06. The Morgan fingerprint density at radius 1 is 1.40 bits per heavy atom. The maximum Gasteiger partial charge on any atom is 0.338 e. The Morgan fingerprint density at radius 2 is 2.20 bits per heavy atom. The van der Waals surface area contributed by atoms with Crippen molar-refractivity contribution in [2.45, 2.75) is 6.92 Å². The molecule has 0 unspecified atom stereocenters. The highest BCUT2D eigenvalue weighted by Gasteiger charge is 2.07. The molecule has 0 atom stereocenters. The molecule has 0 amide bonds. The number of carboxylic acid groups (broad SMARTS) is 1. The molecule has 0 aromatic carbocycles. The highest BCUT2D eigenvalue weighted by atomic mass is 16.4. The van der Waals surface area contributed by atoms with Gasteiger partial charge in [0.1, 0.15) is 0 Å². The average Bonchev–Trinajstić information content (AvgIpc) is 2.68. The Kier molecular flexibility index (Phi) is 2.21. The molecule has 0 aliphatic heterocycles. The number of carboxylic acids is 1. The largest absolute Gasteiger partial charge is 0.478 e. The number of hydrogen-bond acceptors (Lipinski definition) is 3. The molecule has 0 saturated heterocycles. The van der Waals surface area contributed by atoms with Gasteiger partial charge in [-0.25, -0.2) is 14.5 Å². The third-order valence-corrected chi connectivity index (χ3v) is 1.96. The molecule has 0 aliphatic carbocycles. The van der Waals surface area contributed by atoms with Crippen LogP contribution < -0.4 is 0 Å². The number of rotatable bonds is 2. The number of aromatic nitrogens is 3. The van der Waals surface area contributed by atoms with E-state index in [1.54, 1.807) is 12.3 Å². The molecule has 2 heterocycles. The van der Waals surface area contributed by atoms with Crippen LogP contribution in [-0.4, -0.2) is 25.8 Å². The SMILES string of the molecule is Cc1ccc(-n2cc(C(=O)O)cn2)nc1. The molecule has 2 rings (SSSR count). The zero-order valence-corrected chi connectivity index (χ0v) is 8.08. The van der Waals surface area contributed by atoms with E-state index in [9.17, 15) is 4.79 Å². The number of hydrogen-bond donors (Lipinski definition) is 1. The van der Waals surface area contributed by atoms with Crippen LogP contribution in [0.15, 0.2) is 30.7 Å². The molecule has 0 bridgehead atoms. The van der Waals surface area contributed by atoms with Crippen LogP contribution in [0.3, 0.4) is 0 Å². The molecule has 0 radical (unpaired) electrons. The molecule has 76 valence electrons. The van der Waals surface area contributed by atoms with Crippen molar-refractivity contribution in [1.82, 2.24) is 14.8 Å². The first-order valence-corrected chi connectivity index (χ1v) is 4.38. The number of pyridine rings is 1. The second kappa shape index (κ2) is 3.53. The van der Waals surface area contributed by atoms with E-state index in [0.29, 0.717) is 5.82 Å². The lowest BCUT2D eigenvalue weighted by atomic mass is 10.3. The van der Waals surface area contributed by atoms with Crippen LogP contribution in [0.5, 0.6) is 0 Å². The van der Waals surface area contributed by atoms with Crippen LogP contribution in [0.1, 0.15) is 15.9 Å². The van der Waals surface area contributed by atoms with Gasteiger partial charge in [-0.2, -0.15) is 5.10 Å². The number of carbonyl (C=O) groups is 1. The van der Waals surface area contributed by atoms with Gasteiger partial charge in [0, 0.05) is 12.4 Å². The van der Waals surface area contributed by atoms with Crippen molar-refractivity contribution in [3.63, 3.8) is 0 Å². The monoisotopic (exact) mass is 203 g/mol. The molecular formula is C10H9N3O2.